The molecule has 1 fully saturated rings. The van der Waals surface area contributed by atoms with Gasteiger partial charge in [0.15, 0.2) is 0 Å². The number of rotatable bonds is 10. The van der Waals surface area contributed by atoms with Crippen LogP contribution in [0.5, 0.6) is 0 Å². The largest absolute Gasteiger partial charge is 0.478 e. The van der Waals surface area contributed by atoms with Gasteiger partial charge in [-0.15, -0.1) is 0 Å². The highest BCUT2D eigenvalue weighted by molar-refractivity contribution is 7.84. The topological polar surface area (TPSA) is 77.9 Å². The summed E-state index contributed by atoms with van der Waals surface area (Å²) < 4.78 is 12.3. The van der Waals surface area contributed by atoms with E-state index in [0.717, 1.165) is 54.7 Å². The van der Waals surface area contributed by atoms with E-state index in [1.54, 1.807) is 30.3 Å². The molecule has 2 atom stereocenters. The van der Waals surface area contributed by atoms with E-state index in [1.165, 1.54) is 11.6 Å². The lowest BCUT2D eigenvalue weighted by atomic mass is 9.88. The van der Waals surface area contributed by atoms with Crippen LogP contribution in [0, 0.1) is 0 Å². The molecule has 4 aromatic rings. The van der Waals surface area contributed by atoms with Gasteiger partial charge in [-0.25, -0.2) is 4.79 Å². The van der Waals surface area contributed by atoms with Crippen LogP contribution in [0.15, 0.2) is 83.8 Å². The molecular weight excluding hydrogens is 615 g/mol. The van der Waals surface area contributed by atoms with Crippen molar-refractivity contribution in [3.05, 3.63) is 111 Å². The minimum Gasteiger partial charge on any atom is -0.478 e. The quantitative estimate of drug-likeness (QED) is 0.190. The number of fused-ring (bicyclic) bond motifs is 1. The third-order valence-corrected chi connectivity index (χ3v) is 10.4. The summed E-state index contributed by atoms with van der Waals surface area (Å²) in [7, 11) is 0.744. The van der Waals surface area contributed by atoms with Gasteiger partial charge in [0.25, 0.3) is 5.91 Å². The summed E-state index contributed by atoms with van der Waals surface area (Å²) in [4.78, 5) is 30.7. The Balaban J connectivity index is 1.32. The van der Waals surface area contributed by atoms with E-state index >= 15 is 0 Å². The van der Waals surface area contributed by atoms with Crippen LogP contribution in [-0.2, 0) is 10.8 Å². The molecule has 44 heavy (non-hydrogen) atoms. The second-order valence-corrected chi connectivity index (χ2v) is 13.7. The Hall–Kier alpha value is -3.23. The fourth-order valence-corrected chi connectivity index (χ4v) is 7.39. The number of likely N-dealkylation sites (tertiary alicyclic amines) is 1. The molecule has 0 spiro atoms. The van der Waals surface area contributed by atoms with Crippen molar-refractivity contribution in [3.63, 3.8) is 0 Å². The van der Waals surface area contributed by atoms with Gasteiger partial charge < -0.3 is 14.9 Å². The molecule has 5 rings (SSSR count). The van der Waals surface area contributed by atoms with Crippen LogP contribution in [0.4, 0.5) is 0 Å². The first-order chi connectivity index (χ1) is 21.1. The Morgan fingerprint density at radius 3 is 2.39 bits per heavy atom. The van der Waals surface area contributed by atoms with Gasteiger partial charge in [-0.3, -0.25) is 9.00 Å². The predicted molar refractivity (Wildman–Crippen MR) is 179 cm³/mol. The molecule has 1 unspecified atom stereocenters. The monoisotopic (exact) mass is 650 g/mol. The molecule has 0 aliphatic carbocycles. The number of aromatic carboxylic acids is 1. The molecule has 0 saturated carbocycles. The summed E-state index contributed by atoms with van der Waals surface area (Å²) >= 11 is 12.7. The number of hydrogen-bond donors (Lipinski definition) is 1. The van der Waals surface area contributed by atoms with Crippen molar-refractivity contribution in [1.29, 1.82) is 0 Å². The number of carbonyl (C=O) groups excluding carboxylic acids is 1. The van der Waals surface area contributed by atoms with Crippen LogP contribution in [0.25, 0.3) is 10.8 Å². The molecule has 6 nitrogen and oxygen atoms in total. The summed E-state index contributed by atoms with van der Waals surface area (Å²) in [6.07, 6.45) is 4.53. The van der Waals surface area contributed by atoms with Crippen LogP contribution >= 0.6 is 23.2 Å². The van der Waals surface area contributed by atoms with Crippen molar-refractivity contribution >= 4 is 56.7 Å². The molecule has 0 radical (unpaired) electrons. The molecule has 4 aromatic carbocycles. The lowest BCUT2D eigenvalue weighted by Gasteiger charge is -2.34. The Labute approximate surface area is 271 Å². The Bertz CT molecular complexity index is 1700. The lowest BCUT2D eigenvalue weighted by Crippen LogP contribution is -2.36. The number of carboxylic acids is 1. The van der Waals surface area contributed by atoms with Gasteiger partial charge in [0.2, 0.25) is 0 Å². The highest BCUT2D eigenvalue weighted by Gasteiger charge is 2.26. The fraction of sp³-hybridized carbons (Fsp3) is 0.314. The number of hydrogen-bond acceptors (Lipinski definition) is 4. The van der Waals surface area contributed by atoms with E-state index < -0.39 is 16.8 Å². The normalized spacial score (nSPS) is 15.6. The number of carbonyl (C=O) groups is 2. The van der Waals surface area contributed by atoms with Crippen molar-refractivity contribution in [1.82, 2.24) is 9.80 Å². The number of benzene rings is 4. The zero-order valence-electron chi connectivity index (χ0n) is 24.8. The molecule has 0 bridgehead atoms. The molecule has 1 saturated heterocycles. The van der Waals surface area contributed by atoms with Crippen LogP contribution in [0.2, 0.25) is 10.0 Å². The number of nitrogens with zero attached hydrogens (tertiary/aromatic N) is 2. The number of piperidine rings is 1. The standard InChI is InChI=1S/C35H36Cl2N2O4S/c1-38(34(40)30-20-27(35(41)42)19-25-7-3-4-8-28(25)30)22-26(24-11-12-31(36)32(37)21-24)15-18-39-16-13-23(14-17-39)29-9-5-6-10-33(29)44(2)43/h3-12,19-21,23,26H,13-18,22H2,1-2H3,(H,41,42)/t26-,44?/m1/s1. The van der Waals surface area contributed by atoms with E-state index in [0.29, 0.717) is 33.5 Å². The minimum absolute atomic E-state index is 0.0198. The van der Waals surface area contributed by atoms with Crippen LogP contribution in [0.1, 0.15) is 62.9 Å². The molecular formula is C35H36Cl2N2O4S. The summed E-state index contributed by atoms with van der Waals surface area (Å²) in [6.45, 7) is 3.14. The van der Waals surface area contributed by atoms with Gasteiger partial charge in [0.1, 0.15) is 0 Å². The molecule has 1 aliphatic heterocycles. The van der Waals surface area contributed by atoms with Crippen LogP contribution < -0.4 is 0 Å². The average molecular weight is 652 g/mol. The van der Waals surface area contributed by atoms with Crippen molar-refractivity contribution in [2.75, 3.05) is 39.5 Å². The first-order valence-corrected chi connectivity index (χ1v) is 17.0. The van der Waals surface area contributed by atoms with Gasteiger partial charge in [-0.05, 0) is 97.0 Å². The van der Waals surface area contributed by atoms with E-state index in [-0.39, 0.29) is 17.4 Å². The number of carboxylic acid groups (broad SMARTS) is 1. The van der Waals surface area contributed by atoms with Crippen molar-refractivity contribution in [2.24, 2.45) is 0 Å². The van der Waals surface area contributed by atoms with E-state index in [4.69, 9.17) is 23.2 Å². The van der Waals surface area contributed by atoms with Crippen molar-refractivity contribution < 1.29 is 18.9 Å². The lowest BCUT2D eigenvalue weighted by molar-refractivity contribution is 0.0697. The molecule has 0 aromatic heterocycles. The summed E-state index contributed by atoms with van der Waals surface area (Å²) in [5.41, 5.74) is 2.64. The second kappa shape index (κ2) is 14.2. The second-order valence-electron chi connectivity index (χ2n) is 11.5. The zero-order chi connectivity index (χ0) is 31.4. The van der Waals surface area contributed by atoms with Crippen molar-refractivity contribution in [3.8, 4) is 0 Å². The highest BCUT2D eigenvalue weighted by Crippen LogP contribution is 2.33. The van der Waals surface area contributed by atoms with Gasteiger partial charge in [0.05, 0.1) is 26.4 Å². The minimum atomic E-state index is -1.07. The van der Waals surface area contributed by atoms with Gasteiger partial charge in [-0.2, -0.15) is 0 Å². The zero-order valence-corrected chi connectivity index (χ0v) is 27.2. The number of halogens is 2. The first kappa shape index (κ1) is 32.2. The maximum absolute atomic E-state index is 13.8. The smallest absolute Gasteiger partial charge is 0.335 e. The predicted octanol–water partition coefficient (Wildman–Crippen LogP) is 7.71. The van der Waals surface area contributed by atoms with E-state index in [1.807, 2.05) is 54.6 Å². The number of likely N-dealkylation sites (N-methyl/N-ethyl adjacent to an activating group) is 1. The third-order valence-electron chi connectivity index (χ3n) is 8.65. The summed E-state index contributed by atoms with van der Waals surface area (Å²) in [6, 6.07) is 24.1. The van der Waals surface area contributed by atoms with E-state index in [2.05, 4.69) is 11.0 Å². The van der Waals surface area contributed by atoms with Gasteiger partial charge in [0, 0.05) is 36.2 Å². The SMILES string of the molecule is CN(C[C@@H](CCN1CCC(c2ccccc2S(C)=O)CC1)c1ccc(Cl)c(Cl)c1)C(=O)c1cc(C(=O)O)cc2ccccc12. The molecule has 1 N–H and O–H groups in total. The first-order valence-electron chi connectivity index (χ1n) is 14.7. The van der Waals surface area contributed by atoms with Gasteiger partial charge in [-0.1, -0.05) is 71.7 Å². The molecule has 1 heterocycles. The Morgan fingerprint density at radius 2 is 1.68 bits per heavy atom. The van der Waals surface area contributed by atoms with Gasteiger partial charge >= 0.3 is 5.97 Å². The molecule has 9 heteroatoms. The summed E-state index contributed by atoms with van der Waals surface area (Å²) in [5.74, 6) is -0.940. The van der Waals surface area contributed by atoms with Crippen LogP contribution in [0.3, 0.4) is 0 Å². The molecule has 1 aliphatic rings. The van der Waals surface area contributed by atoms with E-state index in [9.17, 15) is 18.9 Å². The highest BCUT2D eigenvalue weighted by atomic mass is 35.5. The maximum atomic E-state index is 13.8. The number of amides is 1. The third kappa shape index (κ3) is 7.35. The fourth-order valence-electron chi connectivity index (χ4n) is 6.25. The maximum Gasteiger partial charge on any atom is 0.335 e. The average Bonchev–Trinajstić information content (AvgIpc) is 3.03. The summed E-state index contributed by atoms with van der Waals surface area (Å²) in [5, 5.41) is 12.1. The Kier molecular flexibility index (Phi) is 10.4. The molecule has 1 amide bonds. The Morgan fingerprint density at radius 1 is 0.977 bits per heavy atom. The van der Waals surface area contributed by atoms with Crippen LogP contribution in [-0.4, -0.2) is 70.5 Å². The van der Waals surface area contributed by atoms with Crippen molar-refractivity contribution in [2.45, 2.75) is 36.0 Å². The molecule has 230 valence electrons.